The van der Waals surface area contributed by atoms with Crippen molar-refractivity contribution in [2.45, 2.75) is 38.6 Å². The fourth-order valence-corrected chi connectivity index (χ4v) is 2.93. The summed E-state index contributed by atoms with van der Waals surface area (Å²) in [4.78, 5) is 7.13. The number of rotatable bonds is 2. The van der Waals surface area contributed by atoms with Crippen LogP contribution in [-0.4, -0.2) is 38.6 Å². The van der Waals surface area contributed by atoms with E-state index in [1.54, 1.807) is 4.52 Å². The first kappa shape index (κ1) is 12.9. The zero-order valence-corrected chi connectivity index (χ0v) is 12.1. The van der Waals surface area contributed by atoms with Crippen LogP contribution < -0.4 is 0 Å². The largest absolute Gasteiger partial charge is 0.301 e. The summed E-state index contributed by atoms with van der Waals surface area (Å²) in [5.41, 5.74) is 0.841. The van der Waals surface area contributed by atoms with Crippen LogP contribution in [0, 0.1) is 0 Å². The first-order chi connectivity index (χ1) is 9.15. The number of hydrogen-bond donors (Lipinski definition) is 0. The van der Waals surface area contributed by atoms with Crippen molar-refractivity contribution in [3.05, 3.63) is 29.2 Å². The molecule has 1 saturated heterocycles. The summed E-state index contributed by atoms with van der Waals surface area (Å²) in [6, 6.07) is 6.33. The monoisotopic (exact) mass is 278 g/mol. The molecule has 5 heteroatoms. The normalized spacial score (nSPS) is 18.5. The van der Waals surface area contributed by atoms with E-state index in [9.17, 15) is 0 Å². The average molecular weight is 279 g/mol. The molecule has 0 unspecified atom stereocenters. The maximum atomic E-state index is 6.13. The molecule has 0 amide bonds. The lowest BCUT2D eigenvalue weighted by atomic mass is 9.95. The van der Waals surface area contributed by atoms with Crippen molar-refractivity contribution in [1.29, 1.82) is 0 Å². The lowest BCUT2D eigenvalue weighted by Crippen LogP contribution is -2.38. The van der Waals surface area contributed by atoms with Gasteiger partial charge in [-0.1, -0.05) is 17.7 Å². The number of aromatic nitrogens is 3. The Balaban J connectivity index is 1.80. The topological polar surface area (TPSA) is 33.4 Å². The van der Waals surface area contributed by atoms with Gasteiger partial charge in [-0.3, -0.25) is 0 Å². The Morgan fingerprint density at radius 2 is 2.00 bits per heavy atom. The Morgan fingerprint density at radius 3 is 2.63 bits per heavy atom. The molecule has 0 atom stereocenters. The zero-order valence-electron chi connectivity index (χ0n) is 11.4. The number of hydrogen-bond acceptors (Lipinski definition) is 3. The molecule has 0 N–H and O–H groups in total. The van der Waals surface area contributed by atoms with Crippen molar-refractivity contribution >= 4 is 17.2 Å². The van der Waals surface area contributed by atoms with Gasteiger partial charge in [0.15, 0.2) is 11.5 Å². The van der Waals surface area contributed by atoms with Gasteiger partial charge in [-0.25, -0.2) is 9.50 Å². The Labute approximate surface area is 118 Å². The Kier molecular flexibility index (Phi) is 3.46. The molecule has 0 radical (unpaired) electrons. The number of piperidine rings is 1. The minimum Gasteiger partial charge on any atom is -0.301 e. The molecule has 0 bridgehead atoms. The van der Waals surface area contributed by atoms with Gasteiger partial charge in [0.05, 0.1) is 0 Å². The number of nitrogens with zero attached hydrogens (tertiary/aromatic N) is 4. The van der Waals surface area contributed by atoms with Crippen LogP contribution in [-0.2, 0) is 0 Å². The molecule has 19 heavy (non-hydrogen) atoms. The van der Waals surface area contributed by atoms with Crippen LogP contribution >= 0.6 is 11.6 Å². The van der Waals surface area contributed by atoms with Crippen molar-refractivity contribution in [3.8, 4) is 0 Å². The first-order valence-corrected chi connectivity index (χ1v) is 7.28. The summed E-state index contributed by atoms with van der Waals surface area (Å²) >= 11 is 6.13. The lowest BCUT2D eigenvalue weighted by molar-refractivity contribution is 0.169. The highest BCUT2D eigenvalue weighted by atomic mass is 35.5. The molecule has 4 nitrogen and oxygen atoms in total. The molecule has 3 rings (SSSR count). The second-order valence-corrected chi connectivity index (χ2v) is 5.88. The molecule has 0 spiro atoms. The summed E-state index contributed by atoms with van der Waals surface area (Å²) in [6.07, 6.45) is 2.26. The number of halogens is 1. The van der Waals surface area contributed by atoms with E-state index in [0.717, 1.165) is 37.4 Å². The third-order valence-electron chi connectivity index (χ3n) is 3.95. The van der Waals surface area contributed by atoms with Crippen molar-refractivity contribution in [1.82, 2.24) is 19.5 Å². The Bertz CT molecular complexity index is 570. The summed E-state index contributed by atoms with van der Waals surface area (Å²) in [6.45, 7) is 6.77. The second kappa shape index (κ2) is 5.10. The number of likely N-dealkylation sites (tertiary alicyclic amines) is 1. The van der Waals surface area contributed by atoms with E-state index in [1.807, 2.05) is 18.2 Å². The third kappa shape index (κ3) is 2.47. The Hall–Kier alpha value is -1.13. The first-order valence-electron chi connectivity index (χ1n) is 6.90. The van der Waals surface area contributed by atoms with Gasteiger partial charge in [0.1, 0.15) is 5.15 Å². The van der Waals surface area contributed by atoms with Gasteiger partial charge >= 0.3 is 0 Å². The van der Waals surface area contributed by atoms with E-state index in [-0.39, 0.29) is 0 Å². The SMILES string of the molecule is CC(C)N1CCC(c2nc3cccc(Cl)n3n2)CC1. The third-order valence-corrected chi connectivity index (χ3v) is 4.24. The molecular formula is C14H19ClN4. The smallest absolute Gasteiger partial charge is 0.157 e. The summed E-state index contributed by atoms with van der Waals surface area (Å²) in [7, 11) is 0. The quantitative estimate of drug-likeness (QED) is 0.792. The van der Waals surface area contributed by atoms with Crippen LogP contribution in [0.5, 0.6) is 0 Å². The van der Waals surface area contributed by atoms with Crippen LogP contribution in [0.1, 0.15) is 38.4 Å². The van der Waals surface area contributed by atoms with Crippen LogP contribution in [0.15, 0.2) is 18.2 Å². The maximum Gasteiger partial charge on any atom is 0.157 e. The van der Waals surface area contributed by atoms with Gasteiger partial charge in [0, 0.05) is 12.0 Å². The minimum atomic E-state index is 0.464. The van der Waals surface area contributed by atoms with Crippen molar-refractivity contribution in [2.75, 3.05) is 13.1 Å². The van der Waals surface area contributed by atoms with Crippen LogP contribution in [0.25, 0.3) is 5.65 Å². The summed E-state index contributed by atoms with van der Waals surface area (Å²) in [5, 5.41) is 5.18. The van der Waals surface area contributed by atoms with Crippen LogP contribution in [0.4, 0.5) is 0 Å². The van der Waals surface area contributed by atoms with Crippen LogP contribution in [0.3, 0.4) is 0 Å². The van der Waals surface area contributed by atoms with Gasteiger partial charge < -0.3 is 4.90 Å². The second-order valence-electron chi connectivity index (χ2n) is 5.49. The van der Waals surface area contributed by atoms with Gasteiger partial charge in [-0.05, 0) is 51.9 Å². The predicted molar refractivity (Wildman–Crippen MR) is 76.7 cm³/mol. The van der Waals surface area contributed by atoms with Gasteiger partial charge in [0.2, 0.25) is 0 Å². The summed E-state index contributed by atoms with van der Waals surface area (Å²) in [5.74, 6) is 1.41. The maximum absolute atomic E-state index is 6.13. The highest BCUT2D eigenvalue weighted by molar-refractivity contribution is 6.29. The summed E-state index contributed by atoms with van der Waals surface area (Å²) < 4.78 is 1.73. The molecule has 0 aliphatic carbocycles. The van der Waals surface area contributed by atoms with E-state index in [2.05, 4.69) is 28.8 Å². The van der Waals surface area contributed by atoms with E-state index in [4.69, 9.17) is 11.6 Å². The zero-order chi connectivity index (χ0) is 13.4. The Morgan fingerprint density at radius 1 is 1.26 bits per heavy atom. The fourth-order valence-electron chi connectivity index (χ4n) is 2.74. The van der Waals surface area contributed by atoms with E-state index < -0.39 is 0 Å². The molecular weight excluding hydrogens is 260 g/mol. The molecule has 2 aromatic heterocycles. The van der Waals surface area contributed by atoms with Crippen molar-refractivity contribution in [2.24, 2.45) is 0 Å². The van der Waals surface area contributed by atoms with Gasteiger partial charge in [-0.2, -0.15) is 0 Å². The number of pyridine rings is 1. The fraction of sp³-hybridized carbons (Fsp3) is 0.571. The average Bonchev–Trinajstić information content (AvgIpc) is 2.84. The number of fused-ring (bicyclic) bond motifs is 1. The molecule has 1 aliphatic rings. The van der Waals surface area contributed by atoms with E-state index in [0.29, 0.717) is 17.1 Å². The van der Waals surface area contributed by atoms with E-state index in [1.165, 1.54) is 0 Å². The van der Waals surface area contributed by atoms with E-state index >= 15 is 0 Å². The predicted octanol–water partition coefficient (Wildman–Crippen LogP) is 2.97. The molecule has 102 valence electrons. The minimum absolute atomic E-state index is 0.464. The molecule has 3 heterocycles. The molecule has 1 fully saturated rings. The van der Waals surface area contributed by atoms with Crippen LogP contribution in [0.2, 0.25) is 5.15 Å². The van der Waals surface area contributed by atoms with Gasteiger partial charge in [-0.15, -0.1) is 5.10 Å². The van der Waals surface area contributed by atoms with Gasteiger partial charge in [0.25, 0.3) is 0 Å². The lowest BCUT2D eigenvalue weighted by Gasteiger charge is -2.33. The molecule has 0 aromatic carbocycles. The van der Waals surface area contributed by atoms with Crippen molar-refractivity contribution in [3.63, 3.8) is 0 Å². The molecule has 1 aliphatic heterocycles. The van der Waals surface area contributed by atoms with Crippen molar-refractivity contribution < 1.29 is 0 Å². The standard InChI is InChI=1S/C14H19ClN4/c1-10(2)18-8-6-11(7-9-18)14-16-13-5-3-4-12(15)19(13)17-14/h3-5,10-11H,6-9H2,1-2H3. The molecule has 0 saturated carbocycles. The highest BCUT2D eigenvalue weighted by Crippen LogP contribution is 2.27. The highest BCUT2D eigenvalue weighted by Gasteiger charge is 2.25. The molecule has 2 aromatic rings.